The van der Waals surface area contributed by atoms with Crippen LogP contribution in [0.3, 0.4) is 0 Å². The molecule has 1 unspecified atom stereocenters. The number of halogens is 2. The molecule has 3 aliphatic heterocycles. The van der Waals surface area contributed by atoms with E-state index in [4.69, 9.17) is 11.6 Å². The third-order valence-corrected chi connectivity index (χ3v) is 11.9. The Labute approximate surface area is 345 Å². The van der Waals surface area contributed by atoms with E-state index < -0.39 is 5.92 Å². The van der Waals surface area contributed by atoms with Gasteiger partial charge in [-0.05, 0) is 78.5 Å². The summed E-state index contributed by atoms with van der Waals surface area (Å²) in [5.41, 5.74) is 9.84. The maximum atomic E-state index is 16.0. The van der Waals surface area contributed by atoms with Gasteiger partial charge in [0, 0.05) is 103 Å². The largest absolute Gasteiger partial charge is 0.403 e. The van der Waals surface area contributed by atoms with E-state index in [0.29, 0.717) is 79.1 Å². The number of piperidine rings is 1. The molecular weight excluding hydrogens is 757 g/mol. The number of hydrogen-bond acceptors (Lipinski definition) is 9. The molecule has 1 aromatic heterocycles. The number of benzene rings is 2. The number of fused-ring (bicyclic) bond motifs is 1. The van der Waals surface area contributed by atoms with E-state index in [2.05, 4.69) is 20.5 Å². The van der Waals surface area contributed by atoms with Gasteiger partial charge in [0.25, 0.3) is 5.91 Å². The SMILES string of the molecule is CN(C)C(=O)c1cc2c(C3CCCCC3)cc(C3=CCCN(C(=O)CCN(N)/C=C\N)C3)c(F)c2[nH]1.O=C1CCC(c2ccc(CCN3CCNCC3)c(F)c2)C(=O)N1. The molecule has 2 aromatic carbocycles. The lowest BCUT2D eigenvalue weighted by atomic mass is 9.81. The summed E-state index contributed by atoms with van der Waals surface area (Å²) in [6.07, 6.45) is 12.8. The van der Waals surface area contributed by atoms with Crippen LogP contribution in [0.4, 0.5) is 8.78 Å². The number of nitrogens with zero attached hydrogens (tertiary/aromatic N) is 4. The second kappa shape index (κ2) is 20.2. The number of aromatic nitrogens is 1. The number of nitrogens with two attached hydrogens (primary N) is 2. The highest BCUT2D eigenvalue weighted by Crippen LogP contribution is 2.40. The van der Waals surface area contributed by atoms with Gasteiger partial charge in [0.2, 0.25) is 17.7 Å². The average Bonchev–Trinajstić information content (AvgIpc) is 3.69. The van der Waals surface area contributed by atoms with Gasteiger partial charge in [-0.15, -0.1) is 0 Å². The van der Waals surface area contributed by atoms with Crippen LogP contribution in [-0.2, 0) is 20.8 Å². The summed E-state index contributed by atoms with van der Waals surface area (Å²) < 4.78 is 30.3. The molecule has 13 nitrogen and oxygen atoms in total. The Morgan fingerprint density at radius 3 is 2.46 bits per heavy atom. The number of hydrazine groups is 1. The number of hydrogen-bond donors (Lipinski definition) is 5. The molecule has 4 heterocycles. The number of carbonyl (C=O) groups is 4. The summed E-state index contributed by atoms with van der Waals surface area (Å²) in [5, 5.41) is 7.78. The van der Waals surface area contributed by atoms with E-state index >= 15 is 4.39 Å². The van der Waals surface area contributed by atoms with Gasteiger partial charge in [0.05, 0.1) is 11.4 Å². The molecule has 7 N–H and O–H groups in total. The molecule has 0 spiro atoms. The van der Waals surface area contributed by atoms with Crippen molar-refractivity contribution in [2.75, 3.05) is 66.5 Å². The first-order valence-electron chi connectivity index (χ1n) is 20.9. The van der Waals surface area contributed by atoms with Crippen LogP contribution in [-0.4, -0.2) is 115 Å². The quantitative estimate of drug-likeness (QED) is 0.107. The third kappa shape index (κ3) is 10.9. The molecule has 59 heavy (non-hydrogen) atoms. The zero-order valence-electron chi connectivity index (χ0n) is 34.3. The van der Waals surface area contributed by atoms with Crippen molar-refractivity contribution in [2.24, 2.45) is 11.6 Å². The molecule has 15 heteroatoms. The molecule has 1 saturated carbocycles. The van der Waals surface area contributed by atoms with Gasteiger partial charge in [-0.1, -0.05) is 37.5 Å². The number of aromatic amines is 1. The Kier molecular flexibility index (Phi) is 14.9. The minimum absolute atomic E-state index is 0.0331. The van der Waals surface area contributed by atoms with Gasteiger partial charge in [-0.25, -0.2) is 14.6 Å². The Morgan fingerprint density at radius 1 is 1.00 bits per heavy atom. The van der Waals surface area contributed by atoms with Crippen LogP contribution in [0.15, 0.2) is 48.8 Å². The minimum Gasteiger partial charge on any atom is -0.403 e. The molecule has 1 atom stereocenters. The number of carbonyl (C=O) groups excluding carboxylic acids is 4. The van der Waals surface area contributed by atoms with Gasteiger partial charge in [0.1, 0.15) is 11.5 Å². The van der Waals surface area contributed by atoms with Crippen LogP contribution in [0.5, 0.6) is 0 Å². The summed E-state index contributed by atoms with van der Waals surface area (Å²) in [4.78, 5) is 57.2. The van der Waals surface area contributed by atoms with E-state index in [9.17, 15) is 23.6 Å². The van der Waals surface area contributed by atoms with Crippen LogP contribution in [0, 0.1) is 11.6 Å². The Morgan fingerprint density at radius 2 is 1.76 bits per heavy atom. The summed E-state index contributed by atoms with van der Waals surface area (Å²) >= 11 is 0. The second-order valence-corrected chi connectivity index (χ2v) is 16.2. The number of piperazine rings is 1. The van der Waals surface area contributed by atoms with E-state index in [0.717, 1.165) is 74.9 Å². The fraction of sp³-hybridized carbons (Fsp3) is 0.500. The number of nitrogens with one attached hydrogen (secondary N) is 3. The lowest BCUT2D eigenvalue weighted by Gasteiger charge is -2.29. The molecule has 1 aliphatic carbocycles. The second-order valence-electron chi connectivity index (χ2n) is 16.2. The normalized spacial score (nSPS) is 19.3. The van der Waals surface area contributed by atoms with E-state index in [1.54, 1.807) is 31.1 Å². The van der Waals surface area contributed by atoms with Crippen LogP contribution in [0.1, 0.15) is 102 Å². The molecular formula is C44H59F2N9O4. The smallest absolute Gasteiger partial charge is 0.269 e. The lowest BCUT2D eigenvalue weighted by Crippen LogP contribution is -2.44. The van der Waals surface area contributed by atoms with Crippen LogP contribution >= 0.6 is 0 Å². The van der Waals surface area contributed by atoms with Gasteiger partial charge in [-0.2, -0.15) is 0 Å². The van der Waals surface area contributed by atoms with Gasteiger partial charge < -0.3 is 35.7 Å². The number of rotatable bonds is 11. The molecule has 7 rings (SSSR count). The molecule has 0 bridgehead atoms. The number of amides is 4. The number of imide groups is 1. The predicted octanol–water partition coefficient (Wildman–Crippen LogP) is 4.46. The zero-order valence-corrected chi connectivity index (χ0v) is 34.3. The van der Waals surface area contributed by atoms with Crippen molar-refractivity contribution in [3.05, 3.63) is 88.4 Å². The van der Waals surface area contributed by atoms with Crippen LogP contribution in [0.25, 0.3) is 16.5 Å². The van der Waals surface area contributed by atoms with Crippen molar-refractivity contribution in [1.82, 2.24) is 35.3 Å². The van der Waals surface area contributed by atoms with Crippen LogP contribution in [0.2, 0.25) is 0 Å². The monoisotopic (exact) mass is 815 g/mol. The third-order valence-electron chi connectivity index (χ3n) is 11.9. The van der Waals surface area contributed by atoms with Gasteiger partial charge >= 0.3 is 0 Å². The topological polar surface area (TPSA) is 173 Å². The summed E-state index contributed by atoms with van der Waals surface area (Å²) in [7, 11) is 3.37. The highest BCUT2D eigenvalue weighted by Gasteiger charge is 2.29. The lowest BCUT2D eigenvalue weighted by molar-refractivity contribution is -0.134. The fourth-order valence-corrected chi connectivity index (χ4v) is 8.56. The van der Waals surface area contributed by atoms with Crippen molar-refractivity contribution in [1.29, 1.82) is 0 Å². The fourth-order valence-electron chi connectivity index (χ4n) is 8.56. The van der Waals surface area contributed by atoms with Gasteiger partial charge in [0.15, 0.2) is 5.82 Å². The Hall–Kier alpha value is -5.12. The first-order valence-corrected chi connectivity index (χ1v) is 20.9. The standard InChI is InChI=1S/C27H37FN6O2.C17H22FN3O2/c1-32(2)27(36)23-16-22-20(18-7-4-3-5-8-18)15-21(25(28)26(22)31-23)19-9-6-12-33(17-19)24(35)10-13-34(30)14-11-29;18-15-11-13(14-3-4-16(22)20-17(14)23)2-1-12(15)5-8-21-9-6-19-7-10-21/h9,11,14-16,18,31H,3-8,10,12-13,17,29-30H2,1-2H3;1-2,11,14,19H,3-10H2,(H,20,22,23)/b14-11-;. The first kappa shape index (κ1) is 43.5. The Balaban J connectivity index is 0.000000219. The maximum absolute atomic E-state index is 16.0. The van der Waals surface area contributed by atoms with Crippen molar-refractivity contribution in [3.63, 3.8) is 0 Å². The molecule has 4 amide bonds. The first-order chi connectivity index (χ1) is 28.4. The highest BCUT2D eigenvalue weighted by atomic mass is 19.1. The van der Waals surface area contributed by atoms with Crippen LogP contribution < -0.4 is 22.2 Å². The minimum atomic E-state index is -0.426. The average molecular weight is 816 g/mol. The van der Waals surface area contributed by atoms with Crippen molar-refractivity contribution in [2.45, 2.75) is 76.0 Å². The molecule has 3 aromatic rings. The van der Waals surface area contributed by atoms with E-state index in [-0.39, 0.29) is 41.7 Å². The van der Waals surface area contributed by atoms with Crippen molar-refractivity contribution >= 4 is 40.1 Å². The number of H-pyrrole nitrogens is 1. The molecule has 4 aliphatic rings. The Bertz CT molecular complexity index is 2050. The zero-order chi connectivity index (χ0) is 42.1. The van der Waals surface area contributed by atoms with Gasteiger partial charge in [-0.3, -0.25) is 24.5 Å². The van der Waals surface area contributed by atoms with Crippen molar-refractivity contribution < 1.29 is 28.0 Å². The molecule has 318 valence electrons. The molecule has 0 radical (unpaired) electrons. The highest BCUT2D eigenvalue weighted by molar-refractivity contribution is 6.01. The summed E-state index contributed by atoms with van der Waals surface area (Å²) in [5.74, 6) is 4.26. The maximum Gasteiger partial charge on any atom is 0.269 e. The van der Waals surface area contributed by atoms with Crippen molar-refractivity contribution in [3.8, 4) is 0 Å². The summed E-state index contributed by atoms with van der Waals surface area (Å²) in [6, 6.07) is 8.81. The predicted molar refractivity (Wildman–Crippen MR) is 225 cm³/mol. The van der Waals surface area contributed by atoms with E-state index in [1.807, 2.05) is 18.2 Å². The van der Waals surface area contributed by atoms with E-state index in [1.165, 1.54) is 34.8 Å². The molecule has 2 saturated heterocycles. The molecule has 3 fully saturated rings. The summed E-state index contributed by atoms with van der Waals surface area (Å²) in [6.45, 7) is 6.07.